The number of aromatic hydroxyl groups is 2. The third-order valence-corrected chi connectivity index (χ3v) is 6.75. The SMILES string of the molecule is CC(C)Cc1cc(C(=O)c2ccc(/C=C/c3ccc(C(=O)c4ccc(O)c(CC(C)C)c4)cc3)cc2)ccc1O. The predicted octanol–water partition coefficient (Wildman–Crippen LogP) is 8.13. The third kappa shape index (κ3) is 7.15. The van der Waals surface area contributed by atoms with E-state index in [0.717, 1.165) is 22.3 Å². The number of hydrogen-bond acceptors (Lipinski definition) is 4. The van der Waals surface area contributed by atoms with E-state index >= 15 is 0 Å². The van der Waals surface area contributed by atoms with Crippen LogP contribution in [0.15, 0.2) is 84.9 Å². The highest BCUT2D eigenvalue weighted by Gasteiger charge is 2.14. The van der Waals surface area contributed by atoms with Gasteiger partial charge in [0.1, 0.15) is 11.5 Å². The van der Waals surface area contributed by atoms with E-state index in [9.17, 15) is 19.8 Å². The summed E-state index contributed by atoms with van der Waals surface area (Å²) in [6, 6.07) is 24.9. The molecule has 0 aliphatic rings. The minimum Gasteiger partial charge on any atom is -0.508 e. The van der Waals surface area contributed by atoms with Crippen LogP contribution in [-0.2, 0) is 12.8 Å². The molecule has 0 atom stereocenters. The van der Waals surface area contributed by atoms with Crippen LogP contribution >= 0.6 is 0 Å². The summed E-state index contributed by atoms with van der Waals surface area (Å²) in [5.41, 5.74) is 5.78. The standard InChI is InChI=1S/C36H36O4/c1-23(2)19-31-21-29(15-17-33(31)37)35(39)27-11-7-25(8-12-27)5-6-26-9-13-28(14-10-26)36(40)30-16-18-34(38)32(22-30)20-24(3)4/h5-18,21-24,37-38H,19-20H2,1-4H3/b6-5+. The highest BCUT2D eigenvalue weighted by molar-refractivity contribution is 6.10. The molecule has 2 N–H and O–H groups in total. The van der Waals surface area contributed by atoms with Crippen molar-refractivity contribution in [1.29, 1.82) is 0 Å². The first-order valence-corrected chi connectivity index (χ1v) is 13.7. The molecule has 0 spiro atoms. The zero-order chi connectivity index (χ0) is 28.8. The summed E-state index contributed by atoms with van der Waals surface area (Å²) in [5, 5.41) is 20.2. The normalized spacial score (nSPS) is 11.4. The lowest BCUT2D eigenvalue weighted by atomic mass is 9.96. The molecule has 0 unspecified atom stereocenters. The van der Waals surface area contributed by atoms with Gasteiger partial charge in [-0.15, -0.1) is 0 Å². The summed E-state index contributed by atoms with van der Waals surface area (Å²) < 4.78 is 0. The first-order valence-electron chi connectivity index (χ1n) is 13.7. The number of rotatable bonds is 10. The van der Waals surface area contributed by atoms with Crippen molar-refractivity contribution in [3.8, 4) is 11.5 Å². The monoisotopic (exact) mass is 532 g/mol. The van der Waals surface area contributed by atoms with E-state index in [1.54, 1.807) is 36.4 Å². The van der Waals surface area contributed by atoms with Crippen molar-refractivity contribution in [2.75, 3.05) is 0 Å². The topological polar surface area (TPSA) is 74.6 Å². The molecular formula is C36H36O4. The van der Waals surface area contributed by atoms with Gasteiger partial charge in [0, 0.05) is 22.3 Å². The zero-order valence-corrected chi connectivity index (χ0v) is 23.5. The second kappa shape index (κ2) is 12.6. The van der Waals surface area contributed by atoms with Gasteiger partial charge in [0.05, 0.1) is 0 Å². The Hall–Kier alpha value is -4.44. The van der Waals surface area contributed by atoms with E-state index in [1.807, 2.05) is 60.7 Å². The maximum Gasteiger partial charge on any atom is 0.193 e. The van der Waals surface area contributed by atoms with E-state index in [1.165, 1.54) is 0 Å². The second-order valence-electron chi connectivity index (χ2n) is 11.1. The van der Waals surface area contributed by atoms with Gasteiger partial charge in [0.15, 0.2) is 11.6 Å². The van der Waals surface area contributed by atoms with E-state index in [-0.39, 0.29) is 23.1 Å². The number of ketones is 2. The highest BCUT2D eigenvalue weighted by atomic mass is 16.3. The Morgan fingerprint density at radius 1 is 0.550 bits per heavy atom. The van der Waals surface area contributed by atoms with Crippen molar-refractivity contribution in [3.63, 3.8) is 0 Å². The largest absolute Gasteiger partial charge is 0.508 e. The fourth-order valence-electron chi connectivity index (χ4n) is 4.68. The van der Waals surface area contributed by atoms with Gasteiger partial charge >= 0.3 is 0 Å². The molecule has 40 heavy (non-hydrogen) atoms. The maximum absolute atomic E-state index is 13.0. The first kappa shape index (κ1) is 28.6. The van der Waals surface area contributed by atoms with Crippen molar-refractivity contribution in [2.24, 2.45) is 11.8 Å². The van der Waals surface area contributed by atoms with Gasteiger partial charge in [0.2, 0.25) is 0 Å². The predicted molar refractivity (Wildman–Crippen MR) is 162 cm³/mol. The van der Waals surface area contributed by atoms with E-state index in [0.29, 0.717) is 46.9 Å². The number of phenols is 2. The van der Waals surface area contributed by atoms with Gasteiger partial charge in [-0.25, -0.2) is 0 Å². The molecule has 0 saturated carbocycles. The average molecular weight is 533 g/mol. The van der Waals surface area contributed by atoms with Gasteiger partial charge in [0.25, 0.3) is 0 Å². The lowest BCUT2D eigenvalue weighted by Gasteiger charge is -2.10. The summed E-state index contributed by atoms with van der Waals surface area (Å²) in [5.74, 6) is 1.04. The lowest BCUT2D eigenvalue weighted by Crippen LogP contribution is -2.03. The molecule has 0 aliphatic heterocycles. The Bertz CT molecular complexity index is 1410. The summed E-state index contributed by atoms with van der Waals surface area (Å²) >= 11 is 0. The van der Waals surface area contributed by atoms with Crippen LogP contribution in [0.2, 0.25) is 0 Å². The van der Waals surface area contributed by atoms with Gasteiger partial charge < -0.3 is 10.2 Å². The second-order valence-corrected chi connectivity index (χ2v) is 11.1. The molecule has 4 aromatic rings. The minimum atomic E-state index is -0.0780. The molecule has 0 amide bonds. The summed E-state index contributed by atoms with van der Waals surface area (Å²) in [6.07, 6.45) is 5.35. The Labute approximate surface area is 236 Å². The molecule has 4 rings (SSSR count). The number of benzene rings is 4. The molecule has 204 valence electrons. The lowest BCUT2D eigenvalue weighted by molar-refractivity contribution is 0.103. The number of carbonyl (C=O) groups is 2. The molecule has 0 aliphatic carbocycles. The molecule has 4 nitrogen and oxygen atoms in total. The first-order chi connectivity index (χ1) is 19.1. The smallest absolute Gasteiger partial charge is 0.193 e. The minimum absolute atomic E-state index is 0.0780. The van der Waals surface area contributed by atoms with Gasteiger partial charge in [-0.2, -0.15) is 0 Å². The van der Waals surface area contributed by atoms with Crippen molar-refractivity contribution in [1.82, 2.24) is 0 Å². The molecule has 0 radical (unpaired) electrons. The van der Waals surface area contributed by atoms with E-state index in [2.05, 4.69) is 27.7 Å². The molecule has 0 fully saturated rings. The quantitative estimate of drug-likeness (QED) is 0.160. The Balaban J connectivity index is 1.43. The van der Waals surface area contributed by atoms with Gasteiger partial charge in [-0.1, -0.05) is 88.4 Å². The van der Waals surface area contributed by atoms with Crippen molar-refractivity contribution in [3.05, 3.63) is 129 Å². The maximum atomic E-state index is 13.0. The Morgan fingerprint density at radius 3 is 1.20 bits per heavy atom. The Kier molecular flexibility index (Phi) is 9.00. The van der Waals surface area contributed by atoms with Gasteiger partial charge in [-0.05, 0) is 83.3 Å². The Morgan fingerprint density at radius 2 is 0.875 bits per heavy atom. The fourth-order valence-corrected chi connectivity index (χ4v) is 4.68. The molecule has 0 aromatic heterocycles. The number of phenolic OH excluding ortho intramolecular Hbond substituents is 2. The van der Waals surface area contributed by atoms with Crippen molar-refractivity contribution >= 4 is 23.7 Å². The van der Waals surface area contributed by atoms with Crippen LogP contribution in [0, 0.1) is 11.8 Å². The molecule has 4 aromatic carbocycles. The van der Waals surface area contributed by atoms with Crippen molar-refractivity contribution < 1.29 is 19.8 Å². The summed E-state index contributed by atoms with van der Waals surface area (Å²) in [6.45, 7) is 8.31. The molecule has 0 heterocycles. The molecule has 4 heteroatoms. The molecule has 0 bridgehead atoms. The van der Waals surface area contributed by atoms with Crippen LogP contribution < -0.4 is 0 Å². The van der Waals surface area contributed by atoms with Crippen LogP contribution in [0.3, 0.4) is 0 Å². The summed E-state index contributed by atoms with van der Waals surface area (Å²) in [4.78, 5) is 26.0. The average Bonchev–Trinajstić information content (AvgIpc) is 2.93. The van der Waals surface area contributed by atoms with Crippen LogP contribution in [-0.4, -0.2) is 21.8 Å². The van der Waals surface area contributed by atoms with Crippen LogP contribution in [0.1, 0.15) is 81.8 Å². The highest BCUT2D eigenvalue weighted by Crippen LogP contribution is 2.25. The zero-order valence-electron chi connectivity index (χ0n) is 23.5. The van der Waals surface area contributed by atoms with Crippen LogP contribution in [0.25, 0.3) is 12.2 Å². The van der Waals surface area contributed by atoms with Crippen molar-refractivity contribution in [2.45, 2.75) is 40.5 Å². The summed E-state index contributed by atoms with van der Waals surface area (Å²) in [7, 11) is 0. The van der Waals surface area contributed by atoms with Gasteiger partial charge in [-0.3, -0.25) is 9.59 Å². The number of hydrogen-bond donors (Lipinski definition) is 2. The van der Waals surface area contributed by atoms with E-state index in [4.69, 9.17) is 0 Å². The van der Waals surface area contributed by atoms with Crippen LogP contribution in [0.4, 0.5) is 0 Å². The molecular weight excluding hydrogens is 496 g/mol. The molecule has 0 saturated heterocycles. The van der Waals surface area contributed by atoms with Crippen LogP contribution in [0.5, 0.6) is 11.5 Å². The fraction of sp³-hybridized carbons (Fsp3) is 0.222. The third-order valence-electron chi connectivity index (χ3n) is 6.75. The van der Waals surface area contributed by atoms with E-state index < -0.39 is 0 Å². The number of carbonyl (C=O) groups excluding carboxylic acids is 2.